The van der Waals surface area contributed by atoms with E-state index in [0.29, 0.717) is 23.7 Å². The van der Waals surface area contributed by atoms with Gasteiger partial charge in [0.25, 0.3) is 0 Å². The summed E-state index contributed by atoms with van der Waals surface area (Å²) in [4.78, 5) is 25.5. The Balaban J connectivity index is 1.90. The molecule has 35 heavy (non-hydrogen) atoms. The highest BCUT2D eigenvalue weighted by molar-refractivity contribution is 6.13. The molecule has 0 atom stereocenters. The van der Waals surface area contributed by atoms with Gasteiger partial charge in [-0.1, -0.05) is 19.1 Å². The lowest BCUT2D eigenvalue weighted by Crippen LogP contribution is -2.29. The number of ether oxygens (including phenoxy) is 1. The molecule has 3 rings (SSSR count). The predicted octanol–water partition coefficient (Wildman–Crippen LogP) is 5.29. The Kier molecular flexibility index (Phi) is 7.62. The lowest BCUT2D eigenvalue weighted by atomic mass is 9.93. The minimum absolute atomic E-state index is 0.101. The van der Waals surface area contributed by atoms with Crippen LogP contribution in [-0.2, 0) is 21.1 Å². The van der Waals surface area contributed by atoms with E-state index in [2.05, 4.69) is 10.6 Å². The molecule has 0 unspecified atom stereocenters. The molecule has 0 aliphatic heterocycles. The van der Waals surface area contributed by atoms with E-state index in [-0.39, 0.29) is 29.7 Å². The molecule has 0 spiro atoms. The number of esters is 1. The summed E-state index contributed by atoms with van der Waals surface area (Å²) in [6.07, 6.45) is -0.615. The first-order valence-corrected chi connectivity index (χ1v) is 10.9. The standard InChI is InChI=1S/C25H25F4N3O3/c1-3-10-31-14-15(13-30)18-6-5-17(12-19(18)22(33)35-2)32-23(34)24(8-9-24)20-7-4-16(11-21(20)26)25(27,28)29/h4-7,11-14,30-31H,3,8-10H2,1-2H3,(H,32,34)/b15-14+,30-13?. The van der Waals surface area contributed by atoms with Gasteiger partial charge in [0, 0.05) is 35.8 Å². The van der Waals surface area contributed by atoms with Gasteiger partial charge in [0.2, 0.25) is 5.91 Å². The van der Waals surface area contributed by atoms with E-state index in [9.17, 15) is 27.2 Å². The number of methoxy groups -OCH3 is 1. The summed E-state index contributed by atoms with van der Waals surface area (Å²) in [7, 11) is 1.20. The third-order valence-electron chi connectivity index (χ3n) is 5.80. The summed E-state index contributed by atoms with van der Waals surface area (Å²) in [5, 5.41) is 13.4. The maximum Gasteiger partial charge on any atom is 0.416 e. The van der Waals surface area contributed by atoms with Crippen LogP contribution in [0.2, 0.25) is 0 Å². The monoisotopic (exact) mass is 491 g/mol. The molecular weight excluding hydrogens is 466 g/mol. The Morgan fingerprint density at radius 3 is 2.40 bits per heavy atom. The van der Waals surface area contributed by atoms with Crippen LogP contribution in [0.25, 0.3) is 5.57 Å². The molecule has 1 aliphatic rings. The van der Waals surface area contributed by atoms with Gasteiger partial charge in [-0.3, -0.25) is 4.79 Å². The minimum Gasteiger partial charge on any atom is -0.465 e. The smallest absolute Gasteiger partial charge is 0.416 e. The van der Waals surface area contributed by atoms with Crippen LogP contribution < -0.4 is 10.6 Å². The molecule has 3 N–H and O–H groups in total. The topological polar surface area (TPSA) is 91.3 Å². The van der Waals surface area contributed by atoms with E-state index in [1.165, 1.54) is 19.2 Å². The molecule has 1 amide bonds. The number of carbonyl (C=O) groups excluding carboxylic acids is 2. The number of halogens is 4. The second kappa shape index (κ2) is 10.3. The van der Waals surface area contributed by atoms with Gasteiger partial charge in [-0.2, -0.15) is 13.2 Å². The molecule has 1 aliphatic carbocycles. The van der Waals surface area contributed by atoms with Crippen LogP contribution in [0, 0.1) is 11.2 Å². The van der Waals surface area contributed by atoms with Crippen molar-refractivity contribution in [1.29, 1.82) is 5.41 Å². The zero-order valence-corrected chi connectivity index (χ0v) is 19.2. The van der Waals surface area contributed by atoms with E-state index in [0.717, 1.165) is 24.8 Å². The Morgan fingerprint density at radius 2 is 1.86 bits per heavy atom. The van der Waals surface area contributed by atoms with Crippen molar-refractivity contribution >= 4 is 29.4 Å². The van der Waals surface area contributed by atoms with Gasteiger partial charge in [-0.25, -0.2) is 9.18 Å². The minimum atomic E-state index is -4.69. The van der Waals surface area contributed by atoms with Gasteiger partial charge >= 0.3 is 12.1 Å². The number of allylic oxidation sites excluding steroid dienone is 1. The first-order valence-electron chi connectivity index (χ1n) is 10.9. The molecule has 2 aromatic carbocycles. The van der Waals surface area contributed by atoms with E-state index < -0.39 is 34.8 Å². The number of hydrogen-bond acceptors (Lipinski definition) is 5. The molecule has 1 fully saturated rings. The average Bonchev–Trinajstić information content (AvgIpc) is 3.63. The van der Waals surface area contributed by atoms with Gasteiger partial charge in [0.1, 0.15) is 5.82 Å². The molecule has 2 aromatic rings. The molecule has 6 nitrogen and oxygen atoms in total. The summed E-state index contributed by atoms with van der Waals surface area (Å²) in [5.74, 6) is -2.38. The van der Waals surface area contributed by atoms with Crippen LogP contribution in [0.4, 0.5) is 23.2 Å². The van der Waals surface area contributed by atoms with Crippen LogP contribution in [0.15, 0.2) is 42.6 Å². The van der Waals surface area contributed by atoms with E-state index >= 15 is 0 Å². The number of benzene rings is 2. The number of nitrogens with one attached hydrogen (secondary N) is 3. The largest absolute Gasteiger partial charge is 0.465 e. The summed E-state index contributed by atoms with van der Waals surface area (Å²) >= 11 is 0. The van der Waals surface area contributed by atoms with Crippen molar-refractivity contribution in [3.8, 4) is 0 Å². The normalized spacial score (nSPS) is 14.7. The number of anilines is 1. The summed E-state index contributed by atoms with van der Waals surface area (Å²) in [6.45, 7) is 2.65. The van der Waals surface area contributed by atoms with Crippen LogP contribution in [0.5, 0.6) is 0 Å². The van der Waals surface area contributed by atoms with Gasteiger partial charge < -0.3 is 20.8 Å². The number of amides is 1. The van der Waals surface area contributed by atoms with Gasteiger partial charge in [-0.15, -0.1) is 0 Å². The summed E-state index contributed by atoms with van der Waals surface area (Å²) in [5.41, 5.74) is -1.37. The first kappa shape index (κ1) is 25.9. The Bertz CT molecular complexity index is 1170. The fourth-order valence-corrected chi connectivity index (χ4v) is 3.75. The summed E-state index contributed by atoms with van der Waals surface area (Å²) in [6, 6.07) is 6.60. The SMILES string of the molecule is CCCN/C=C(\C=N)c1ccc(NC(=O)C2(c3ccc(C(F)(F)F)cc3F)CC2)cc1C(=O)OC. The quantitative estimate of drug-likeness (QED) is 0.192. The Hall–Kier alpha value is -3.69. The second-order valence-electron chi connectivity index (χ2n) is 8.18. The zero-order valence-electron chi connectivity index (χ0n) is 19.2. The second-order valence-corrected chi connectivity index (χ2v) is 8.18. The highest BCUT2D eigenvalue weighted by Gasteiger charge is 2.53. The van der Waals surface area contributed by atoms with Crippen molar-refractivity contribution < 1.29 is 31.9 Å². The van der Waals surface area contributed by atoms with Crippen molar-refractivity contribution in [2.24, 2.45) is 0 Å². The van der Waals surface area contributed by atoms with Crippen molar-refractivity contribution in [3.05, 3.63) is 70.7 Å². The Morgan fingerprint density at radius 1 is 1.14 bits per heavy atom. The molecular formula is C25H25F4N3O3. The van der Waals surface area contributed by atoms with Crippen LogP contribution in [0.3, 0.4) is 0 Å². The lowest BCUT2D eigenvalue weighted by molar-refractivity contribution is -0.137. The predicted molar refractivity (Wildman–Crippen MR) is 124 cm³/mol. The van der Waals surface area contributed by atoms with E-state index in [4.69, 9.17) is 10.1 Å². The highest BCUT2D eigenvalue weighted by atomic mass is 19.4. The maximum atomic E-state index is 14.6. The van der Waals surface area contributed by atoms with Crippen molar-refractivity contribution in [2.45, 2.75) is 37.8 Å². The van der Waals surface area contributed by atoms with E-state index in [1.807, 2.05) is 6.92 Å². The average molecular weight is 491 g/mol. The molecule has 0 bridgehead atoms. The number of carbonyl (C=O) groups is 2. The van der Waals surface area contributed by atoms with Crippen molar-refractivity contribution in [1.82, 2.24) is 5.32 Å². The molecule has 10 heteroatoms. The molecule has 0 saturated heterocycles. The van der Waals surface area contributed by atoms with Gasteiger partial charge in [-0.05, 0) is 49.1 Å². The third-order valence-corrected chi connectivity index (χ3v) is 5.80. The Labute approximate surface area is 199 Å². The summed E-state index contributed by atoms with van der Waals surface area (Å²) < 4.78 is 58.1. The van der Waals surface area contributed by atoms with Gasteiger partial charge in [0.05, 0.1) is 23.7 Å². The number of hydrogen-bond donors (Lipinski definition) is 3. The number of rotatable bonds is 9. The van der Waals surface area contributed by atoms with Crippen molar-refractivity contribution in [2.75, 3.05) is 19.0 Å². The fourth-order valence-electron chi connectivity index (χ4n) is 3.75. The van der Waals surface area contributed by atoms with Crippen LogP contribution in [-0.4, -0.2) is 31.7 Å². The van der Waals surface area contributed by atoms with Gasteiger partial charge in [0.15, 0.2) is 0 Å². The van der Waals surface area contributed by atoms with Crippen LogP contribution >= 0.6 is 0 Å². The first-order chi connectivity index (χ1) is 16.6. The maximum absolute atomic E-state index is 14.6. The fraction of sp³-hybridized carbons (Fsp3) is 0.320. The van der Waals surface area contributed by atoms with Crippen LogP contribution in [0.1, 0.15) is 53.2 Å². The third kappa shape index (κ3) is 5.52. The lowest BCUT2D eigenvalue weighted by Gasteiger charge is -2.18. The molecule has 0 heterocycles. The number of alkyl halides is 3. The molecule has 0 radical (unpaired) electrons. The van der Waals surface area contributed by atoms with Crippen molar-refractivity contribution in [3.63, 3.8) is 0 Å². The van der Waals surface area contributed by atoms with E-state index in [1.54, 1.807) is 12.3 Å². The molecule has 0 aromatic heterocycles. The highest BCUT2D eigenvalue weighted by Crippen LogP contribution is 2.50. The molecule has 1 saturated carbocycles. The zero-order chi connectivity index (χ0) is 25.8. The molecule has 186 valence electrons.